The van der Waals surface area contributed by atoms with Crippen LogP contribution in [0.4, 0.5) is 11.4 Å². The molecule has 0 atom stereocenters. The molecule has 0 aliphatic carbocycles. The Hall–Kier alpha value is -9.75. The molecule has 13 nitrogen and oxygen atoms in total. The van der Waals surface area contributed by atoms with Crippen molar-refractivity contribution in [3.63, 3.8) is 0 Å². The van der Waals surface area contributed by atoms with E-state index in [1.54, 1.807) is 40.6 Å². The average Bonchev–Trinajstić information content (AvgIpc) is 3.42. The van der Waals surface area contributed by atoms with Crippen molar-refractivity contribution < 1.29 is 53.8 Å². The third-order valence-electron chi connectivity index (χ3n) is 12.1. The molecule has 0 aromatic heterocycles. The maximum Gasteiger partial charge on any atom is 0.341 e. The van der Waals surface area contributed by atoms with Crippen LogP contribution in [0.15, 0.2) is 158 Å². The van der Waals surface area contributed by atoms with E-state index in [1.807, 2.05) is 72.8 Å². The Balaban J connectivity index is 0.000000209. The highest BCUT2D eigenvalue weighted by Crippen LogP contribution is 2.35. The summed E-state index contributed by atoms with van der Waals surface area (Å²) in [6.07, 6.45) is 8.89. The second kappa shape index (κ2) is 26.1. The highest BCUT2D eigenvalue weighted by atomic mass is 16.5. The number of hydrogen-bond donors (Lipinski definition) is 6. The monoisotopic (exact) mass is 1010 g/mol. The summed E-state index contributed by atoms with van der Waals surface area (Å²) in [5, 5.41) is 40.0. The van der Waals surface area contributed by atoms with Gasteiger partial charge in [-0.15, -0.1) is 0 Å². The Morgan fingerprint density at radius 1 is 0.520 bits per heavy atom. The number of carboxylic acids is 2. The minimum absolute atomic E-state index is 0.0671. The van der Waals surface area contributed by atoms with Crippen LogP contribution in [0.25, 0.3) is 46.6 Å². The Morgan fingerprint density at radius 3 is 1.33 bits per heavy atom. The molecule has 8 aromatic rings. The predicted octanol–water partition coefficient (Wildman–Crippen LogP) is 13.2. The van der Waals surface area contributed by atoms with E-state index in [9.17, 15) is 24.6 Å². The largest absolute Gasteiger partial charge is 0.507 e. The molecule has 75 heavy (non-hydrogen) atoms. The van der Waals surface area contributed by atoms with Crippen molar-refractivity contribution in [3.8, 4) is 56.8 Å². The summed E-state index contributed by atoms with van der Waals surface area (Å²) in [6.45, 7) is 4.47. The molecule has 8 aromatic carbocycles. The maximum absolute atomic E-state index is 11.6. The minimum atomic E-state index is -1.22. The van der Waals surface area contributed by atoms with Gasteiger partial charge in [-0.1, -0.05) is 133 Å². The van der Waals surface area contributed by atoms with Crippen LogP contribution < -0.4 is 30.0 Å². The molecule has 13 heteroatoms. The van der Waals surface area contributed by atoms with Crippen molar-refractivity contribution in [2.24, 2.45) is 0 Å². The van der Waals surface area contributed by atoms with Crippen molar-refractivity contribution in [2.75, 3.05) is 39.5 Å². The van der Waals surface area contributed by atoms with Crippen LogP contribution in [0.2, 0.25) is 0 Å². The van der Waals surface area contributed by atoms with E-state index in [0.29, 0.717) is 34.2 Å². The number of rotatable bonds is 16. The number of carboxylic acid groups (broad SMARTS) is 2. The van der Waals surface area contributed by atoms with E-state index in [0.717, 1.165) is 34.1 Å². The number of nitrogens with one attached hydrogen (secondary N) is 1. The van der Waals surface area contributed by atoms with Crippen molar-refractivity contribution >= 4 is 53.9 Å². The number of benzene rings is 8. The van der Waals surface area contributed by atoms with Gasteiger partial charge in [-0.05, 0) is 118 Å². The fourth-order valence-electron chi connectivity index (χ4n) is 8.23. The molecular formula is C62H58N2O11. The Kier molecular flexibility index (Phi) is 19.0. The topological polar surface area (TPSA) is 207 Å². The maximum atomic E-state index is 11.6. The van der Waals surface area contributed by atoms with Gasteiger partial charge in [0.05, 0.1) is 45.3 Å². The van der Waals surface area contributed by atoms with Gasteiger partial charge >= 0.3 is 11.9 Å². The smallest absolute Gasteiger partial charge is 0.341 e. The summed E-state index contributed by atoms with van der Waals surface area (Å²) in [7, 11) is 6.25. The molecule has 0 aliphatic rings. The van der Waals surface area contributed by atoms with Gasteiger partial charge < -0.3 is 50.4 Å². The summed E-state index contributed by atoms with van der Waals surface area (Å²) in [5.74, 6) is -0.859. The fraction of sp³-hybridized carbons (Fsp3) is 0.113. The van der Waals surface area contributed by atoms with Crippen molar-refractivity contribution in [3.05, 3.63) is 213 Å². The number of anilines is 2. The van der Waals surface area contributed by atoms with E-state index in [1.165, 1.54) is 57.6 Å². The Labute approximate surface area is 436 Å². The normalized spacial score (nSPS) is 10.6. The number of ether oxygens (including phenoxy) is 4. The van der Waals surface area contributed by atoms with Crippen molar-refractivity contribution in [1.82, 2.24) is 0 Å². The van der Waals surface area contributed by atoms with Crippen LogP contribution in [-0.4, -0.2) is 67.1 Å². The number of aromatic hydroxyl groups is 2. The number of hydrogen-bond acceptors (Lipinski definition) is 11. The molecular weight excluding hydrogens is 949 g/mol. The van der Waals surface area contributed by atoms with Gasteiger partial charge in [-0.25, -0.2) is 9.59 Å². The summed E-state index contributed by atoms with van der Waals surface area (Å²) in [4.78, 5) is 33.3. The van der Waals surface area contributed by atoms with E-state index in [2.05, 4.69) is 92.0 Å². The van der Waals surface area contributed by atoms with Crippen LogP contribution in [-0.2, 0) is 6.54 Å². The molecule has 0 saturated carbocycles. The Morgan fingerprint density at radius 2 is 0.933 bits per heavy atom. The number of carbonyl (C=O) groups excluding carboxylic acids is 1. The summed E-state index contributed by atoms with van der Waals surface area (Å²) < 4.78 is 22.0. The molecule has 0 spiro atoms. The highest BCUT2D eigenvalue weighted by molar-refractivity contribution is 5.97. The molecule has 0 saturated heterocycles. The van der Waals surface area contributed by atoms with E-state index < -0.39 is 11.9 Å². The second-order valence-corrected chi connectivity index (χ2v) is 16.7. The third-order valence-corrected chi connectivity index (χ3v) is 12.1. The van der Waals surface area contributed by atoms with Gasteiger partial charge in [0.15, 0.2) is 6.29 Å². The van der Waals surface area contributed by atoms with Gasteiger partial charge in [0.1, 0.15) is 45.6 Å². The zero-order valence-corrected chi connectivity index (χ0v) is 42.3. The lowest BCUT2D eigenvalue weighted by Gasteiger charge is -2.17. The molecule has 0 radical (unpaired) electrons. The van der Waals surface area contributed by atoms with Gasteiger partial charge in [-0.3, -0.25) is 4.79 Å². The van der Waals surface area contributed by atoms with E-state index in [4.69, 9.17) is 34.9 Å². The van der Waals surface area contributed by atoms with Crippen LogP contribution in [0.5, 0.6) is 34.5 Å². The van der Waals surface area contributed by atoms with Crippen LogP contribution in [0.3, 0.4) is 0 Å². The van der Waals surface area contributed by atoms with E-state index in [-0.39, 0.29) is 34.9 Å². The first-order valence-electron chi connectivity index (χ1n) is 23.5. The quantitative estimate of drug-likeness (QED) is 0.0303. The first-order chi connectivity index (χ1) is 36.2. The average molecular weight is 1010 g/mol. The Bertz CT molecular complexity index is 3280. The van der Waals surface area contributed by atoms with Crippen molar-refractivity contribution in [1.29, 1.82) is 0 Å². The minimum Gasteiger partial charge on any atom is -0.507 e. The number of aromatic carboxylic acids is 2. The molecule has 7 N–H and O–H groups in total. The number of nitrogen functional groups attached to an aromatic ring is 1. The molecule has 8 rings (SSSR count). The molecule has 0 heterocycles. The third kappa shape index (κ3) is 13.6. The fourth-order valence-corrected chi connectivity index (χ4v) is 8.23. The summed E-state index contributed by atoms with van der Waals surface area (Å²) in [5.41, 5.74) is 17.6. The van der Waals surface area contributed by atoms with Crippen LogP contribution in [0.1, 0.15) is 70.0 Å². The lowest BCUT2D eigenvalue weighted by molar-refractivity contribution is 0.0683. The van der Waals surface area contributed by atoms with Gasteiger partial charge in [0.25, 0.3) is 0 Å². The van der Waals surface area contributed by atoms with Crippen molar-refractivity contribution in [2.45, 2.75) is 20.4 Å². The molecule has 382 valence electrons. The molecule has 0 amide bonds. The SMILES string of the molecule is COc1cc(/C=C/c2cccc(-c3ccccc3)c2C)cc(OC)c1C=O.COc1cc(/C=C/c2cccc(-c3ccccc3)c2C)cc(OC)c1CNc1cccc(O)c1C(=O)O.Nc1cccc(O)c1C(=O)O. The number of aldehydes is 1. The second-order valence-electron chi connectivity index (χ2n) is 16.7. The van der Waals surface area contributed by atoms with Gasteiger partial charge in [0, 0.05) is 12.2 Å². The summed E-state index contributed by atoms with van der Waals surface area (Å²) >= 11 is 0. The highest BCUT2D eigenvalue weighted by Gasteiger charge is 2.18. The zero-order valence-electron chi connectivity index (χ0n) is 42.3. The number of nitrogens with two attached hydrogens (primary N) is 1. The first kappa shape index (κ1) is 54.6. The van der Waals surface area contributed by atoms with Gasteiger partial charge in [0.2, 0.25) is 0 Å². The lowest BCUT2D eigenvalue weighted by Crippen LogP contribution is -2.08. The number of phenols is 2. The van der Waals surface area contributed by atoms with Gasteiger partial charge in [-0.2, -0.15) is 0 Å². The zero-order chi connectivity index (χ0) is 54.0. The summed E-state index contributed by atoms with van der Waals surface area (Å²) in [6, 6.07) is 49.4. The molecule has 0 aliphatic heterocycles. The van der Waals surface area contributed by atoms with Crippen LogP contribution >= 0.6 is 0 Å². The lowest BCUT2D eigenvalue weighted by atomic mass is 9.96. The van der Waals surface area contributed by atoms with E-state index >= 15 is 0 Å². The number of carbonyl (C=O) groups is 3. The molecule has 0 unspecified atom stereocenters. The predicted molar refractivity (Wildman–Crippen MR) is 297 cm³/mol. The standard InChI is InChI=1S/C31H29NO5.C24H22O3.C7H7NO3/c1-20-22(11-7-12-24(20)23-9-5-4-6-10-23)16-15-21-17-28(36-2)25(29(18-21)37-3)19-32-26-13-8-14-27(33)30(26)31(34)35;1-17-19(10-7-11-21(17)20-8-5-4-6-9-20)13-12-18-14-23(26-2)22(16-25)24(15-18)27-3;8-4-2-1-3-5(9)6(4)7(10)11/h4-18,32-33H,19H2,1-3H3,(H,34,35);4-16H,1-3H3;1-3,9H,8H2,(H,10,11)/b16-15+;13-12+;. The number of methoxy groups -OCH3 is 4. The molecule has 0 bridgehead atoms. The van der Waals surface area contributed by atoms with Crippen LogP contribution in [0, 0.1) is 13.8 Å². The molecule has 0 fully saturated rings. The first-order valence-corrected chi connectivity index (χ1v) is 23.5.